The molecule has 0 spiro atoms. The summed E-state index contributed by atoms with van der Waals surface area (Å²) in [5.74, 6) is -0.492. The standard InChI is InChI=1S/C11H16FNO3S/c1-11(2,14)8-13(3)17(15,16)10-6-4-9(12)5-7-10/h4-7,14H,8H2,1-3H3. The minimum atomic E-state index is -3.68. The molecule has 0 fully saturated rings. The van der Waals surface area contributed by atoms with E-state index in [2.05, 4.69) is 0 Å². The van der Waals surface area contributed by atoms with Crippen molar-refractivity contribution in [1.82, 2.24) is 4.31 Å². The van der Waals surface area contributed by atoms with Gasteiger partial charge in [-0.05, 0) is 38.1 Å². The van der Waals surface area contributed by atoms with E-state index in [1.54, 1.807) is 0 Å². The summed E-state index contributed by atoms with van der Waals surface area (Å²) in [5.41, 5.74) is -1.12. The van der Waals surface area contributed by atoms with Crippen LogP contribution in [-0.4, -0.2) is 37.0 Å². The van der Waals surface area contributed by atoms with Crippen molar-refractivity contribution in [1.29, 1.82) is 0 Å². The fourth-order valence-electron chi connectivity index (χ4n) is 1.42. The molecule has 0 heterocycles. The zero-order chi connectivity index (χ0) is 13.3. The molecule has 0 unspecified atom stereocenters. The van der Waals surface area contributed by atoms with E-state index < -0.39 is 21.4 Å². The fourth-order valence-corrected chi connectivity index (χ4v) is 2.74. The highest BCUT2D eigenvalue weighted by molar-refractivity contribution is 7.89. The highest BCUT2D eigenvalue weighted by atomic mass is 32.2. The number of rotatable bonds is 4. The van der Waals surface area contributed by atoms with Crippen molar-refractivity contribution in [2.75, 3.05) is 13.6 Å². The first kappa shape index (κ1) is 14.1. The lowest BCUT2D eigenvalue weighted by Crippen LogP contribution is -2.39. The lowest BCUT2D eigenvalue weighted by Gasteiger charge is -2.25. The zero-order valence-corrected chi connectivity index (χ0v) is 10.8. The summed E-state index contributed by atoms with van der Waals surface area (Å²) in [4.78, 5) is 0.00523. The maximum absolute atomic E-state index is 12.7. The number of benzene rings is 1. The molecule has 4 nitrogen and oxygen atoms in total. The number of hydrogen-bond donors (Lipinski definition) is 1. The van der Waals surface area contributed by atoms with Gasteiger partial charge in [0.25, 0.3) is 0 Å². The van der Waals surface area contributed by atoms with Gasteiger partial charge in [0.2, 0.25) is 10.0 Å². The number of likely N-dealkylation sites (N-methyl/N-ethyl adjacent to an activating group) is 1. The average molecular weight is 261 g/mol. The summed E-state index contributed by atoms with van der Waals surface area (Å²) in [7, 11) is -2.31. The smallest absolute Gasteiger partial charge is 0.242 e. The molecule has 0 bridgehead atoms. The molecule has 1 aromatic rings. The molecule has 0 aromatic heterocycles. The summed E-state index contributed by atoms with van der Waals surface area (Å²) >= 11 is 0. The van der Waals surface area contributed by atoms with Crippen molar-refractivity contribution in [2.24, 2.45) is 0 Å². The van der Waals surface area contributed by atoms with Gasteiger partial charge in [-0.2, -0.15) is 4.31 Å². The number of nitrogens with zero attached hydrogens (tertiary/aromatic N) is 1. The normalized spacial score (nSPS) is 13.1. The van der Waals surface area contributed by atoms with Crippen LogP contribution in [0.2, 0.25) is 0 Å². The maximum Gasteiger partial charge on any atom is 0.242 e. The van der Waals surface area contributed by atoms with E-state index in [1.807, 2.05) is 0 Å². The molecule has 96 valence electrons. The van der Waals surface area contributed by atoms with Gasteiger partial charge in [-0.15, -0.1) is 0 Å². The molecule has 0 aliphatic heterocycles. The minimum Gasteiger partial charge on any atom is -0.389 e. The third-order valence-corrected chi connectivity index (χ3v) is 3.95. The monoisotopic (exact) mass is 261 g/mol. The van der Waals surface area contributed by atoms with Gasteiger partial charge >= 0.3 is 0 Å². The molecule has 0 saturated carbocycles. The summed E-state index contributed by atoms with van der Waals surface area (Å²) < 4.78 is 37.8. The highest BCUT2D eigenvalue weighted by Crippen LogP contribution is 2.16. The summed E-state index contributed by atoms with van der Waals surface area (Å²) in [6.45, 7) is 3.00. The molecular weight excluding hydrogens is 245 g/mol. The summed E-state index contributed by atoms with van der Waals surface area (Å²) in [6, 6.07) is 4.58. The van der Waals surface area contributed by atoms with Crippen LogP contribution in [0.4, 0.5) is 4.39 Å². The lowest BCUT2D eigenvalue weighted by atomic mass is 10.1. The second-order valence-corrected chi connectivity index (χ2v) is 6.57. The third kappa shape index (κ3) is 3.76. The third-order valence-electron chi connectivity index (χ3n) is 2.13. The van der Waals surface area contributed by atoms with Gasteiger partial charge in [-0.25, -0.2) is 12.8 Å². The van der Waals surface area contributed by atoms with E-state index in [1.165, 1.54) is 33.0 Å². The molecule has 0 atom stereocenters. The Kier molecular flexibility index (Phi) is 3.91. The first-order chi connectivity index (χ1) is 7.63. The average Bonchev–Trinajstić information content (AvgIpc) is 2.15. The number of sulfonamides is 1. The molecule has 0 saturated heterocycles. The first-order valence-electron chi connectivity index (χ1n) is 5.07. The van der Waals surface area contributed by atoms with E-state index in [-0.39, 0.29) is 11.4 Å². The Bertz CT molecular complexity index is 476. The van der Waals surface area contributed by atoms with Crippen LogP contribution < -0.4 is 0 Å². The van der Waals surface area contributed by atoms with Crippen LogP contribution in [0, 0.1) is 5.82 Å². The van der Waals surface area contributed by atoms with Crippen LogP contribution in [0.15, 0.2) is 29.2 Å². The van der Waals surface area contributed by atoms with Gasteiger partial charge in [0.15, 0.2) is 0 Å². The van der Waals surface area contributed by atoms with Crippen molar-refractivity contribution >= 4 is 10.0 Å². The Morgan fingerprint density at radius 2 is 1.76 bits per heavy atom. The van der Waals surface area contributed by atoms with E-state index in [9.17, 15) is 17.9 Å². The summed E-state index contributed by atoms with van der Waals surface area (Å²) in [6.07, 6.45) is 0. The highest BCUT2D eigenvalue weighted by Gasteiger charge is 2.26. The van der Waals surface area contributed by atoms with Crippen LogP contribution >= 0.6 is 0 Å². The molecule has 6 heteroatoms. The SMILES string of the molecule is CN(CC(C)(C)O)S(=O)(=O)c1ccc(F)cc1. The second-order valence-electron chi connectivity index (χ2n) is 4.53. The molecule has 0 radical (unpaired) electrons. The van der Waals surface area contributed by atoms with Crippen molar-refractivity contribution in [3.05, 3.63) is 30.1 Å². The Morgan fingerprint density at radius 1 is 1.29 bits per heavy atom. The summed E-state index contributed by atoms with van der Waals surface area (Å²) in [5, 5.41) is 9.58. The lowest BCUT2D eigenvalue weighted by molar-refractivity contribution is 0.0640. The van der Waals surface area contributed by atoms with Gasteiger partial charge in [0.05, 0.1) is 10.5 Å². The molecular formula is C11H16FNO3S. The molecule has 0 aliphatic rings. The molecule has 1 aromatic carbocycles. The van der Waals surface area contributed by atoms with Crippen LogP contribution in [0.3, 0.4) is 0 Å². The van der Waals surface area contributed by atoms with Gasteiger partial charge in [0.1, 0.15) is 5.82 Å². The van der Waals surface area contributed by atoms with E-state index in [0.717, 1.165) is 16.4 Å². The molecule has 17 heavy (non-hydrogen) atoms. The molecule has 0 amide bonds. The van der Waals surface area contributed by atoms with E-state index in [0.29, 0.717) is 0 Å². The first-order valence-corrected chi connectivity index (χ1v) is 6.51. The van der Waals surface area contributed by atoms with Crippen molar-refractivity contribution < 1.29 is 17.9 Å². The van der Waals surface area contributed by atoms with Crippen LogP contribution in [0.1, 0.15) is 13.8 Å². The topological polar surface area (TPSA) is 57.6 Å². The number of halogens is 1. The largest absolute Gasteiger partial charge is 0.389 e. The van der Waals surface area contributed by atoms with E-state index >= 15 is 0 Å². The van der Waals surface area contributed by atoms with Gasteiger partial charge in [-0.1, -0.05) is 0 Å². The van der Waals surface area contributed by atoms with Crippen LogP contribution in [0.5, 0.6) is 0 Å². The van der Waals surface area contributed by atoms with Gasteiger partial charge < -0.3 is 5.11 Å². The molecule has 1 rings (SSSR count). The van der Waals surface area contributed by atoms with Crippen LogP contribution in [-0.2, 0) is 10.0 Å². The van der Waals surface area contributed by atoms with Crippen molar-refractivity contribution in [2.45, 2.75) is 24.3 Å². The number of aliphatic hydroxyl groups is 1. The van der Waals surface area contributed by atoms with E-state index in [4.69, 9.17) is 0 Å². The maximum atomic E-state index is 12.7. The number of hydrogen-bond acceptors (Lipinski definition) is 3. The Labute approximate surface area is 101 Å². The molecule has 0 aliphatic carbocycles. The van der Waals surface area contributed by atoms with Crippen molar-refractivity contribution in [3.63, 3.8) is 0 Å². The zero-order valence-electron chi connectivity index (χ0n) is 10.0. The predicted molar refractivity (Wildman–Crippen MR) is 62.5 cm³/mol. The van der Waals surface area contributed by atoms with Crippen LogP contribution in [0.25, 0.3) is 0 Å². The fraction of sp³-hybridized carbons (Fsp3) is 0.455. The van der Waals surface area contributed by atoms with Gasteiger partial charge in [-0.3, -0.25) is 0 Å². The predicted octanol–water partition coefficient (Wildman–Crippen LogP) is 1.22. The quantitative estimate of drug-likeness (QED) is 0.886. The Morgan fingerprint density at radius 3 is 2.18 bits per heavy atom. The molecule has 1 N–H and O–H groups in total. The Hall–Kier alpha value is -0.980. The van der Waals surface area contributed by atoms with Gasteiger partial charge in [0, 0.05) is 13.6 Å². The minimum absolute atomic E-state index is 0.00523. The van der Waals surface area contributed by atoms with Crippen molar-refractivity contribution in [3.8, 4) is 0 Å². The second kappa shape index (κ2) is 4.72. The Balaban J connectivity index is 2.99.